The highest BCUT2D eigenvalue weighted by molar-refractivity contribution is 5.76. The van der Waals surface area contributed by atoms with Gasteiger partial charge in [-0.2, -0.15) is 0 Å². The normalized spacial score (nSPS) is 12.4. The zero-order valence-corrected chi connectivity index (χ0v) is 21.8. The maximum Gasteiger partial charge on any atom is 0.269 e. The fourth-order valence-corrected chi connectivity index (χ4v) is 3.93. The van der Waals surface area contributed by atoms with E-state index in [0.717, 1.165) is 25.8 Å². The molecule has 0 spiro atoms. The zero-order chi connectivity index (χ0) is 24.6. The van der Waals surface area contributed by atoms with Gasteiger partial charge in [-0.05, 0) is 30.5 Å². The first kappa shape index (κ1) is 30.7. The van der Waals surface area contributed by atoms with Crippen LogP contribution in [-0.4, -0.2) is 33.7 Å². The highest BCUT2D eigenvalue weighted by Gasteiger charge is 2.22. The van der Waals surface area contributed by atoms with Gasteiger partial charge in [0.05, 0.1) is 17.6 Å². The first-order valence-corrected chi connectivity index (χ1v) is 12.3. The lowest BCUT2D eigenvalue weighted by Crippen LogP contribution is -3.00. The summed E-state index contributed by atoms with van der Waals surface area (Å²) in [7, 11) is 0. The Hall–Kier alpha value is -2.36. The van der Waals surface area contributed by atoms with E-state index in [2.05, 4.69) is 34.4 Å². The summed E-state index contributed by atoms with van der Waals surface area (Å²) in [5.41, 5.74) is 0.325. The second-order valence-electron chi connectivity index (χ2n) is 8.70. The summed E-state index contributed by atoms with van der Waals surface area (Å²) in [4.78, 5) is 22.4. The molecule has 0 saturated carbocycles. The third-order valence-corrected chi connectivity index (χ3v) is 5.97. The molecular formula is C26H38BrN3O5. The predicted octanol–water partition coefficient (Wildman–Crippen LogP) is 0.998. The van der Waals surface area contributed by atoms with Gasteiger partial charge in [-0.3, -0.25) is 14.9 Å². The quantitative estimate of drug-likeness (QED) is 0.117. The van der Waals surface area contributed by atoms with Crippen molar-refractivity contribution >= 4 is 11.6 Å². The smallest absolute Gasteiger partial charge is 0.269 e. The van der Waals surface area contributed by atoms with Crippen molar-refractivity contribution in [1.82, 2.24) is 5.32 Å². The minimum Gasteiger partial charge on any atom is -1.00 e. The fourth-order valence-electron chi connectivity index (χ4n) is 3.93. The molecule has 8 nitrogen and oxygen atoms in total. The molecule has 0 aliphatic carbocycles. The predicted molar refractivity (Wildman–Crippen MR) is 130 cm³/mol. The van der Waals surface area contributed by atoms with Crippen LogP contribution in [0.4, 0.5) is 5.69 Å². The van der Waals surface area contributed by atoms with Gasteiger partial charge in [0.2, 0.25) is 5.91 Å². The van der Waals surface area contributed by atoms with Crippen LogP contribution in [0.15, 0.2) is 54.9 Å². The highest BCUT2D eigenvalue weighted by atomic mass is 79.9. The summed E-state index contributed by atoms with van der Waals surface area (Å²) in [5.74, 6) is -0.212. The number of benzene rings is 1. The fraction of sp³-hybridized carbons (Fsp3) is 0.538. The summed E-state index contributed by atoms with van der Waals surface area (Å²) in [6.07, 6.45) is 13.6. The van der Waals surface area contributed by atoms with Crippen LogP contribution < -0.4 is 26.9 Å². The summed E-state index contributed by atoms with van der Waals surface area (Å²) in [6, 6.07) is 10.7. The molecule has 0 bridgehead atoms. The number of aromatic nitrogens is 1. The lowest BCUT2D eigenvalue weighted by molar-refractivity contribution is -0.697. The standard InChI is InChI=1S/C26H37N3O5.BrH/c30-21-24(26(32)22-14-16-23(17-15-22)29(33)34)27-25(31)13-9-6-4-2-1-3-5-7-10-18-28-19-11-8-12-20-28;/h8,11-12,14-17,19-20,24,26,30,32H,1-7,9-10,13,18,21H2;1H/t24-,26+;/m0./s1. The SMILES string of the molecule is O=C(CCCCCCCCCCC[n+]1ccccc1)N[C@@H](CO)[C@H](O)c1ccc([N+](=O)[O-])cc1.[Br-]. The van der Waals surface area contributed by atoms with Crippen LogP contribution in [-0.2, 0) is 11.3 Å². The van der Waals surface area contributed by atoms with Gasteiger partial charge >= 0.3 is 0 Å². The molecule has 2 rings (SSSR count). The molecule has 2 atom stereocenters. The van der Waals surface area contributed by atoms with Crippen molar-refractivity contribution in [2.45, 2.75) is 82.9 Å². The Morgan fingerprint density at radius 1 is 0.914 bits per heavy atom. The number of nitro groups is 1. The molecule has 3 N–H and O–H groups in total. The Balaban J connectivity index is 0.00000612. The summed E-state index contributed by atoms with van der Waals surface area (Å²) < 4.78 is 2.22. The second-order valence-corrected chi connectivity index (χ2v) is 8.70. The topological polar surface area (TPSA) is 117 Å². The zero-order valence-electron chi connectivity index (χ0n) is 20.2. The van der Waals surface area contributed by atoms with Crippen LogP contribution in [0.1, 0.15) is 75.9 Å². The van der Waals surface area contributed by atoms with E-state index >= 15 is 0 Å². The van der Waals surface area contributed by atoms with E-state index in [4.69, 9.17) is 0 Å². The third-order valence-electron chi connectivity index (χ3n) is 5.97. The van der Waals surface area contributed by atoms with E-state index < -0.39 is 23.7 Å². The lowest BCUT2D eigenvalue weighted by atomic mass is 10.0. The van der Waals surface area contributed by atoms with Crippen LogP contribution in [0.2, 0.25) is 0 Å². The number of nitrogens with zero attached hydrogens (tertiary/aromatic N) is 2. The summed E-state index contributed by atoms with van der Waals surface area (Å²) >= 11 is 0. The molecule has 1 amide bonds. The van der Waals surface area contributed by atoms with Crippen LogP contribution in [0, 0.1) is 10.1 Å². The maximum atomic E-state index is 12.2. The van der Waals surface area contributed by atoms with Gasteiger partial charge in [0.15, 0.2) is 12.4 Å². The number of nitrogens with one attached hydrogen (secondary N) is 1. The molecule has 0 unspecified atom stereocenters. The number of hydrogen-bond donors (Lipinski definition) is 3. The molecule has 194 valence electrons. The lowest BCUT2D eigenvalue weighted by Gasteiger charge is -2.22. The molecule has 35 heavy (non-hydrogen) atoms. The molecule has 0 radical (unpaired) electrons. The Kier molecular flexibility index (Phi) is 15.8. The molecule has 0 saturated heterocycles. The molecular weight excluding hydrogens is 514 g/mol. The van der Waals surface area contributed by atoms with Gasteiger partial charge < -0.3 is 32.5 Å². The first-order chi connectivity index (χ1) is 16.5. The van der Waals surface area contributed by atoms with E-state index in [1.807, 2.05) is 6.07 Å². The van der Waals surface area contributed by atoms with Gasteiger partial charge in [0.1, 0.15) is 12.6 Å². The number of non-ortho nitro benzene ring substituents is 1. The summed E-state index contributed by atoms with van der Waals surface area (Å²) in [6.45, 7) is 0.652. The van der Waals surface area contributed by atoms with E-state index in [1.165, 1.54) is 62.8 Å². The van der Waals surface area contributed by atoms with Gasteiger partial charge in [0.25, 0.3) is 5.69 Å². The number of aliphatic hydroxyl groups is 2. The number of halogens is 1. The van der Waals surface area contributed by atoms with Crippen molar-refractivity contribution in [2.24, 2.45) is 0 Å². The van der Waals surface area contributed by atoms with E-state index in [0.29, 0.717) is 12.0 Å². The van der Waals surface area contributed by atoms with E-state index in [1.54, 1.807) is 0 Å². The van der Waals surface area contributed by atoms with Crippen LogP contribution >= 0.6 is 0 Å². The maximum absolute atomic E-state index is 12.2. The Morgan fingerprint density at radius 2 is 1.46 bits per heavy atom. The van der Waals surface area contributed by atoms with E-state index in [-0.39, 0.29) is 28.6 Å². The minimum absolute atomic E-state index is 0. The van der Waals surface area contributed by atoms with Crippen molar-refractivity contribution in [3.63, 3.8) is 0 Å². The van der Waals surface area contributed by atoms with Gasteiger partial charge in [-0.1, -0.05) is 44.6 Å². The van der Waals surface area contributed by atoms with Crippen molar-refractivity contribution in [3.05, 3.63) is 70.5 Å². The number of pyridine rings is 1. The molecule has 1 aromatic heterocycles. The van der Waals surface area contributed by atoms with Crippen molar-refractivity contribution in [2.75, 3.05) is 6.61 Å². The molecule has 1 aromatic carbocycles. The number of carbonyl (C=O) groups excluding carboxylic acids is 1. The average molecular weight is 553 g/mol. The number of aryl methyl sites for hydroxylation is 1. The number of carbonyl (C=O) groups is 1. The first-order valence-electron chi connectivity index (χ1n) is 12.3. The van der Waals surface area contributed by atoms with Crippen LogP contribution in [0.5, 0.6) is 0 Å². The van der Waals surface area contributed by atoms with E-state index in [9.17, 15) is 25.1 Å². The molecule has 0 aliphatic heterocycles. The summed E-state index contributed by atoms with van der Waals surface area (Å²) in [5, 5.41) is 33.4. The molecule has 9 heteroatoms. The molecule has 0 fully saturated rings. The minimum atomic E-state index is -1.14. The number of aliphatic hydroxyl groups excluding tert-OH is 2. The Morgan fingerprint density at radius 3 is 2.00 bits per heavy atom. The monoisotopic (exact) mass is 551 g/mol. The van der Waals surface area contributed by atoms with Gasteiger partial charge in [0, 0.05) is 37.1 Å². The second kappa shape index (κ2) is 18.0. The van der Waals surface area contributed by atoms with Crippen LogP contribution in [0.3, 0.4) is 0 Å². The number of unbranched alkanes of at least 4 members (excludes halogenated alkanes) is 8. The Labute approximate surface area is 218 Å². The van der Waals surface area contributed by atoms with Crippen LogP contribution in [0.25, 0.3) is 0 Å². The largest absolute Gasteiger partial charge is 1.00 e. The number of nitro benzene ring substituents is 1. The van der Waals surface area contributed by atoms with Gasteiger partial charge in [-0.15, -0.1) is 0 Å². The highest BCUT2D eigenvalue weighted by Crippen LogP contribution is 2.20. The Bertz CT molecular complexity index is 852. The molecule has 2 aromatic rings. The average Bonchev–Trinajstić information content (AvgIpc) is 2.86. The molecule has 0 aliphatic rings. The van der Waals surface area contributed by atoms with Crippen molar-refractivity contribution in [3.8, 4) is 0 Å². The number of hydrogen-bond acceptors (Lipinski definition) is 5. The molecule has 1 heterocycles. The van der Waals surface area contributed by atoms with Crippen molar-refractivity contribution in [1.29, 1.82) is 0 Å². The third kappa shape index (κ3) is 12.2. The number of amides is 1. The van der Waals surface area contributed by atoms with Gasteiger partial charge in [-0.25, -0.2) is 4.57 Å². The number of rotatable bonds is 17. The van der Waals surface area contributed by atoms with Crippen molar-refractivity contribution < 1.29 is 41.5 Å².